The van der Waals surface area contributed by atoms with Crippen LogP contribution >= 0.6 is 15.9 Å². The van der Waals surface area contributed by atoms with Crippen LogP contribution in [0.25, 0.3) is 0 Å². The first-order valence-corrected chi connectivity index (χ1v) is 9.35. The molecule has 1 aromatic heterocycles. The maximum Gasteiger partial charge on any atom is 0.236 e. The quantitative estimate of drug-likeness (QED) is 0.646. The van der Waals surface area contributed by atoms with Gasteiger partial charge in [0.2, 0.25) is 5.82 Å². The molecule has 0 bridgehead atoms. The second-order valence-corrected chi connectivity index (χ2v) is 7.12. The Morgan fingerprint density at radius 3 is 2.59 bits per heavy atom. The van der Waals surface area contributed by atoms with Crippen LogP contribution in [0.2, 0.25) is 0 Å². The van der Waals surface area contributed by atoms with Gasteiger partial charge in [0, 0.05) is 17.6 Å². The highest BCUT2D eigenvalue weighted by molar-refractivity contribution is 9.10. The molecule has 1 aliphatic heterocycles. The van der Waals surface area contributed by atoms with Gasteiger partial charge in [0.15, 0.2) is 11.6 Å². The lowest BCUT2D eigenvalue weighted by molar-refractivity contribution is 0.853. The smallest absolute Gasteiger partial charge is 0.236 e. The van der Waals surface area contributed by atoms with Crippen molar-refractivity contribution in [3.63, 3.8) is 0 Å². The van der Waals surface area contributed by atoms with E-state index in [0.717, 1.165) is 28.1 Å². The van der Waals surface area contributed by atoms with Crippen LogP contribution in [0.15, 0.2) is 59.1 Å². The Morgan fingerprint density at radius 1 is 1.07 bits per heavy atom. The molecule has 7 heteroatoms. The van der Waals surface area contributed by atoms with E-state index in [4.69, 9.17) is 0 Å². The van der Waals surface area contributed by atoms with Gasteiger partial charge < -0.3 is 15.5 Å². The molecule has 0 radical (unpaired) electrons. The molecule has 2 heterocycles. The minimum absolute atomic E-state index is 0.161. The second-order valence-electron chi connectivity index (χ2n) is 6.20. The summed E-state index contributed by atoms with van der Waals surface area (Å²) < 4.78 is 1.04. The van der Waals surface area contributed by atoms with Gasteiger partial charge in [-0.05, 0) is 23.3 Å². The summed E-state index contributed by atoms with van der Waals surface area (Å²) >= 11 is 3.44. The highest BCUT2D eigenvalue weighted by Crippen LogP contribution is 2.36. The first-order valence-electron chi connectivity index (χ1n) is 8.56. The molecule has 3 aromatic rings. The summed E-state index contributed by atoms with van der Waals surface area (Å²) in [6, 6.07) is 20.3. The van der Waals surface area contributed by atoms with E-state index < -0.39 is 0 Å². The number of nitrogens with one attached hydrogen (secondary N) is 2. The molecule has 1 aliphatic rings. The van der Waals surface area contributed by atoms with Gasteiger partial charge in [0.1, 0.15) is 11.8 Å². The predicted molar refractivity (Wildman–Crippen MR) is 109 cm³/mol. The molecule has 27 heavy (non-hydrogen) atoms. The maximum atomic E-state index is 9.34. The molecule has 0 spiro atoms. The zero-order valence-electron chi connectivity index (χ0n) is 14.5. The van der Waals surface area contributed by atoms with Gasteiger partial charge >= 0.3 is 0 Å². The first kappa shape index (κ1) is 17.3. The minimum Gasteiger partial charge on any atom is -0.364 e. The topological polar surface area (TPSA) is 76.9 Å². The number of halogens is 1. The van der Waals surface area contributed by atoms with Crippen LogP contribution in [0.4, 0.5) is 17.3 Å². The van der Waals surface area contributed by atoms with Crippen molar-refractivity contribution in [2.24, 2.45) is 0 Å². The number of aromatic nitrogens is 2. The maximum absolute atomic E-state index is 9.34. The zero-order chi connectivity index (χ0) is 18.6. The number of nitrogens with zero attached hydrogens (tertiary/aromatic N) is 4. The van der Waals surface area contributed by atoms with Gasteiger partial charge in [0.05, 0.1) is 6.67 Å². The number of nitriles is 1. The number of anilines is 3. The molecule has 0 fully saturated rings. The summed E-state index contributed by atoms with van der Waals surface area (Å²) in [6.45, 7) is 1.96. The largest absolute Gasteiger partial charge is 0.364 e. The third-order valence-corrected chi connectivity index (χ3v) is 4.85. The number of benzene rings is 2. The van der Waals surface area contributed by atoms with Crippen molar-refractivity contribution < 1.29 is 0 Å². The van der Waals surface area contributed by atoms with Crippen LogP contribution < -0.4 is 15.5 Å². The van der Waals surface area contributed by atoms with E-state index in [1.165, 1.54) is 5.56 Å². The standard InChI is InChI=1S/C20H17BrN6/c21-16-8-6-14(7-9-16)11-23-19-18-20(26-17(10-22)25-19)27(13-24-18)12-15-4-2-1-3-5-15/h1-9,24H,11-13H2,(H,23,25,26). The van der Waals surface area contributed by atoms with Crippen molar-refractivity contribution in [2.45, 2.75) is 13.1 Å². The van der Waals surface area contributed by atoms with E-state index >= 15 is 0 Å². The van der Waals surface area contributed by atoms with Crippen molar-refractivity contribution >= 4 is 33.3 Å². The molecule has 2 N–H and O–H groups in total. The van der Waals surface area contributed by atoms with E-state index in [1.54, 1.807) is 0 Å². The molecule has 0 amide bonds. The minimum atomic E-state index is 0.161. The Morgan fingerprint density at radius 2 is 1.85 bits per heavy atom. The Balaban J connectivity index is 1.58. The molecular weight excluding hydrogens is 404 g/mol. The monoisotopic (exact) mass is 420 g/mol. The SMILES string of the molecule is N#Cc1nc(NCc2ccc(Br)cc2)c2c(n1)N(Cc1ccccc1)CN2. The molecular formula is C20H17BrN6. The molecule has 2 aromatic carbocycles. The molecule has 0 saturated heterocycles. The lowest BCUT2D eigenvalue weighted by Crippen LogP contribution is -2.22. The van der Waals surface area contributed by atoms with Gasteiger partial charge in [-0.15, -0.1) is 0 Å². The van der Waals surface area contributed by atoms with Crippen molar-refractivity contribution in [3.8, 4) is 6.07 Å². The summed E-state index contributed by atoms with van der Waals surface area (Å²) in [6.07, 6.45) is 0. The van der Waals surface area contributed by atoms with Crippen LogP contribution in [-0.4, -0.2) is 16.6 Å². The average molecular weight is 421 g/mol. The normalized spacial score (nSPS) is 12.2. The van der Waals surface area contributed by atoms with Crippen molar-refractivity contribution in [1.82, 2.24) is 9.97 Å². The summed E-state index contributed by atoms with van der Waals surface area (Å²) in [5.41, 5.74) is 3.15. The molecule has 4 rings (SSSR count). The van der Waals surface area contributed by atoms with Gasteiger partial charge in [-0.2, -0.15) is 15.2 Å². The molecule has 0 aliphatic carbocycles. The number of hydrogen-bond acceptors (Lipinski definition) is 6. The van der Waals surface area contributed by atoms with Crippen molar-refractivity contribution in [2.75, 3.05) is 22.2 Å². The summed E-state index contributed by atoms with van der Waals surface area (Å²) in [5.74, 6) is 1.56. The first-order chi connectivity index (χ1) is 13.2. The van der Waals surface area contributed by atoms with Gasteiger partial charge in [0.25, 0.3) is 0 Å². The molecule has 134 valence electrons. The fourth-order valence-electron chi connectivity index (χ4n) is 2.99. The average Bonchev–Trinajstić information content (AvgIpc) is 3.11. The third kappa shape index (κ3) is 3.86. The van der Waals surface area contributed by atoms with Crippen LogP contribution in [0.3, 0.4) is 0 Å². The van der Waals surface area contributed by atoms with E-state index in [-0.39, 0.29) is 5.82 Å². The van der Waals surface area contributed by atoms with Crippen LogP contribution in [0, 0.1) is 11.3 Å². The van der Waals surface area contributed by atoms with Gasteiger partial charge in [-0.1, -0.05) is 58.4 Å². The molecule has 6 nitrogen and oxygen atoms in total. The predicted octanol–water partition coefficient (Wildman–Crippen LogP) is 4.11. The van der Waals surface area contributed by atoms with E-state index in [1.807, 2.05) is 42.5 Å². The van der Waals surface area contributed by atoms with Crippen LogP contribution in [0.5, 0.6) is 0 Å². The van der Waals surface area contributed by atoms with Gasteiger partial charge in [-0.3, -0.25) is 0 Å². The number of rotatable bonds is 5. The van der Waals surface area contributed by atoms with Crippen molar-refractivity contribution in [3.05, 3.63) is 76.0 Å². The zero-order valence-corrected chi connectivity index (χ0v) is 16.1. The molecule has 0 saturated carbocycles. The second kappa shape index (κ2) is 7.64. The highest BCUT2D eigenvalue weighted by Gasteiger charge is 2.25. The Hall–Kier alpha value is -3.11. The third-order valence-electron chi connectivity index (χ3n) is 4.33. The fourth-order valence-corrected chi connectivity index (χ4v) is 3.25. The lowest BCUT2D eigenvalue weighted by Gasteiger charge is -2.17. The Kier molecular flexibility index (Phi) is 4.90. The van der Waals surface area contributed by atoms with E-state index in [9.17, 15) is 5.26 Å². The molecule has 0 atom stereocenters. The summed E-state index contributed by atoms with van der Waals surface area (Å²) in [4.78, 5) is 10.9. The fraction of sp³-hybridized carbons (Fsp3) is 0.150. The number of fused-ring (bicyclic) bond motifs is 1. The molecule has 0 unspecified atom stereocenters. The summed E-state index contributed by atoms with van der Waals surface area (Å²) in [7, 11) is 0. The summed E-state index contributed by atoms with van der Waals surface area (Å²) in [5, 5.41) is 16.0. The highest BCUT2D eigenvalue weighted by atomic mass is 79.9. The van der Waals surface area contributed by atoms with Crippen LogP contribution in [-0.2, 0) is 13.1 Å². The van der Waals surface area contributed by atoms with E-state index in [0.29, 0.717) is 19.0 Å². The lowest BCUT2D eigenvalue weighted by atomic mass is 10.2. The van der Waals surface area contributed by atoms with Crippen molar-refractivity contribution in [1.29, 1.82) is 5.26 Å². The number of hydrogen-bond donors (Lipinski definition) is 2. The van der Waals surface area contributed by atoms with Crippen LogP contribution in [0.1, 0.15) is 17.0 Å². The van der Waals surface area contributed by atoms with Gasteiger partial charge in [-0.25, -0.2) is 0 Å². The Labute approximate surface area is 166 Å². The van der Waals surface area contributed by atoms with E-state index in [2.05, 4.69) is 59.6 Å². The Bertz CT molecular complexity index is 982.